The molecule has 0 aliphatic heterocycles. The average Bonchev–Trinajstić information content (AvgIpc) is 3.52. The Hall–Kier alpha value is -3.33. The molecule has 0 saturated heterocycles. The second kappa shape index (κ2) is 16.8. The Morgan fingerprint density at radius 2 is 1.16 bits per heavy atom. The Kier molecular flexibility index (Phi) is 12.7. The molecule has 2 aliphatic rings. The number of aliphatic hydroxyl groups excluding tert-OH is 6. The van der Waals surface area contributed by atoms with E-state index >= 15 is 0 Å². The topological polar surface area (TPSA) is 258 Å². The summed E-state index contributed by atoms with van der Waals surface area (Å²) in [6, 6.07) is 15.7. The summed E-state index contributed by atoms with van der Waals surface area (Å²) in [6.45, 7) is -0.404. The van der Waals surface area contributed by atoms with Crippen molar-refractivity contribution in [2.24, 2.45) is 11.8 Å². The Bertz CT molecular complexity index is 1750. The molecule has 2 fully saturated rings. The number of nitrogens with two attached hydrogens (primary N) is 2. The molecule has 8 atom stereocenters. The number of hydrogen-bond acceptors (Lipinski definition) is 15. The van der Waals surface area contributed by atoms with Crippen molar-refractivity contribution >= 4 is 69.3 Å². The maximum atomic E-state index is 10.3. The van der Waals surface area contributed by atoms with Crippen LogP contribution in [0.3, 0.4) is 0 Å². The quantitative estimate of drug-likeness (QED) is 0.0858. The predicted octanol–water partition coefficient (Wildman–Crippen LogP) is 2.52. The molecule has 2 aliphatic carbocycles. The van der Waals surface area contributed by atoms with Crippen molar-refractivity contribution in [2.75, 3.05) is 35.3 Å². The summed E-state index contributed by atoms with van der Waals surface area (Å²) in [5.41, 5.74) is 12.5. The zero-order valence-corrected chi connectivity index (χ0v) is 30.0. The first kappa shape index (κ1) is 37.9. The van der Waals surface area contributed by atoms with Crippen LogP contribution in [0.5, 0.6) is 11.5 Å². The van der Waals surface area contributed by atoms with E-state index in [0.717, 1.165) is 11.3 Å². The van der Waals surface area contributed by atoms with E-state index in [9.17, 15) is 25.5 Å². The molecule has 0 amide bonds. The minimum absolute atomic E-state index is 0.0213. The lowest BCUT2D eigenvalue weighted by molar-refractivity contribution is 0.00442. The smallest absolute Gasteiger partial charge is 0.223 e. The second-order valence-corrected chi connectivity index (χ2v) is 13.7. The summed E-state index contributed by atoms with van der Waals surface area (Å²) in [7, 11) is 0. The third kappa shape index (κ3) is 8.75. The molecular weight excluding hydrogens is 806 g/mol. The van der Waals surface area contributed by atoms with Gasteiger partial charge in [-0.25, -0.2) is 9.97 Å². The fraction of sp³-hybridized carbons (Fsp3) is 0.375. The van der Waals surface area contributed by atoms with E-state index in [-0.39, 0.29) is 41.3 Å². The molecule has 2 aromatic heterocycles. The molecule has 12 N–H and O–H groups in total. The first-order valence-corrected chi connectivity index (χ1v) is 17.4. The zero-order valence-electron chi connectivity index (χ0n) is 26.3. The number of anilines is 4. The van der Waals surface area contributed by atoms with Crippen LogP contribution in [0.2, 0.25) is 10.3 Å². The van der Waals surface area contributed by atoms with E-state index in [1.165, 1.54) is 0 Å². The van der Waals surface area contributed by atoms with E-state index in [4.69, 9.17) is 44.5 Å². The number of aliphatic hydroxyl groups is 6. The molecule has 0 bridgehead atoms. The number of nitrogens with zero attached hydrogens (tertiary/aromatic N) is 4. The van der Waals surface area contributed by atoms with Gasteiger partial charge in [0.15, 0.2) is 0 Å². The van der Waals surface area contributed by atoms with Crippen LogP contribution in [0.15, 0.2) is 54.6 Å². The van der Waals surface area contributed by atoms with Crippen molar-refractivity contribution < 1.29 is 35.4 Å². The first-order valence-electron chi connectivity index (χ1n) is 15.5. The maximum Gasteiger partial charge on any atom is 0.223 e. The Morgan fingerprint density at radius 1 is 0.680 bits per heavy atom. The third-order valence-corrected chi connectivity index (χ3v) is 10.4. The van der Waals surface area contributed by atoms with Crippen molar-refractivity contribution in [2.45, 2.75) is 49.3 Å². The van der Waals surface area contributed by atoms with Gasteiger partial charge in [0.25, 0.3) is 0 Å². The van der Waals surface area contributed by atoms with Gasteiger partial charge < -0.3 is 57.5 Å². The summed E-state index contributed by atoms with van der Waals surface area (Å²) in [5.74, 6) is 1.33. The Morgan fingerprint density at radius 3 is 1.68 bits per heavy atom. The molecule has 0 spiro atoms. The van der Waals surface area contributed by atoms with Crippen molar-refractivity contribution in [1.29, 1.82) is 0 Å². The Balaban J connectivity index is 0.000000219. The van der Waals surface area contributed by atoms with Gasteiger partial charge in [-0.15, -0.1) is 0 Å². The molecule has 0 radical (unpaired) electrons. The number of rotatable bonds is 9. The third-order valence-electron chi connectivity index (χ3n) is 8.55. The zero-order chi connectivity index (χ0) is 36.1. The summed E-state index contributed by atoms with van der Waals surface area (Å²) < 4.78 is 6.41. The highest BCUT2D eigenvalue weighted by Gasteiger charge is 2.42. The van der Waals surface area contributed by atoms with Crippen LogP contribution < -0.4 is 26.8 Å². The van der Waals surface area contributed by atoms with Crippen LogP contribution in [0.4, 0.5) is 23.5 Å². The standard InChI is InChI=1S/C22H23ClN4O4.C10H14ClIN4O3/c23-20-17(12-6-8-15(9-7-12)31-14-4-2-1-3-5-14)21(27-22(24)26-20)25-16-10-13(11-28)18(29)19(16)30;11-8-5(12)9(16-10(13)15-8)14-4-1-3(2-17)6(18)7(4)19/h1-9,13,16,18-19,28-30H,10-11H2,(H3,24,25,26,27);3-4,6-7,17-19H,1-2H2,(H3,13,14,15,16)/t13-,16-,18-,19+;3-,4-,6-,7+/m11/s1. The first-order chi connectivity index (χ1) is 23.9. The number of aromatic nitrogens is 4. The number of nitrogen functional groups attached to an aromatic ring is 2. The highest BCUT2D eigenvalue weighted by atomic mass is 127. The number of nitrogens with one attached hydrogen (secondary N) is 2. The summed E-state index contributed by atoms with van der Waals surface area (Å²) in [4.78, 5) is 16.1. The minimum atomic E-state index is -1.07. The normalized spacial score (nSPS) is 25.9. The fourth-order valence-corrected chi connectivity index (χ4v) is 6.76. The SMILES string of the molecule is Nc1nc(Cl)c(-c2ccc(Oc3ccccc3)cc2)c(N[C@@H]2C[C@H](CO)[C@@H](O)[C@H]2O)n1.Nc1nc(Cl)c(I)c(N[C@@H]2C[C@H](CO)[C@@H](O)[C@H]2O)n1. The van der Waals surface area contributed by atoms with E-state index in [0.29, 0.717) is 39.4 Å². The van der Waals surface area contributed by atoms with Gasteiger partial charge in [-0.2, -0.15) is 9.97 Å². The lowest BCUT2D eigenvalue weighted by Crippen LogP contribution is -2.35. The molecule has 6 rings (SSSR count). The maximum absolute atomic E-state index is 10.3. The minimum Gasteiger partial charge on any atom is -0.457 e. The van der Waals surface area contributed by atoms with Crippen LogP contribution in [0.25, 0.3) is 11.1 Å². The van der Waals surface area contributed by atoms with Crippen LogP contribution in [0, 0.1) is 15.4 Å². The summed E-state index contributed by atoms with van der Waals surface area (Å²) in [6.07, 6.45) is -3.26. The Labute approximate surface area is 310 Å². The number of halogens is 3. The summed E-state index contributed by atoms with van der Waals surface area (Å²) >= 11 is 14.3. The molecule has 0 unspecified atom stereocenters. The average molecular weight is 844 g/mol. The van der Waals surface area contributed by atoms with Gasteiger partial charge >= 0.3 is 0 Å². The highest BCUT2D eigenvalue weighted by molar-refractivity contribution is 14.1. The van der Waals surface area contributed by atoms with E-state index in [1.807, 2.05) is 65.1 Å². The van der Waals surface area contributed by atoms with E-state index in [2.05, 4.69) is 30.6 Å². The molecule has 2 saturated carbocycles. The molecule has 18 heteroatoms. The van der Waals surface area contributed by atoms with Gasteiger partial charge in [0.2, 0.25) is 11.9 Å². The molecule has 15 nitrogen and oxygen atoms in total. The highest BCUT2D eigenvalue weighted by Crippen LogP contribution is 2.37. The van der Waals surface area contributed by atoms with Gasteiger partial charge in [0, 0.05) is 25.0 Å². The fourth-order valence-electron chi connectivity index (χ4n) is 5.90. The molecule has 50 heavy (non-hydrogen) atoms. The lowest BCUT2D eigenvalue weighted by atomic mass is 10.1. The van der Waals surface area contributed by atoms with Gasteiger partial charge in [-0.3, -0.25) is 0 Å². The molecule has 2 heterocycles. The monoisotopic (exact) mass is 842 g/mol. The van der Waals surface area contributed by atoms with Crippen LogP contribution in [-0.2, 0) is 0 Å². The van der Waals surface area contributed by atoms with Crippen molar-refractivity contribution in [1.82, 2.24) is 19.9 Å². The van der Waals surface area contributed by atoms with Gasteiger partial charge in [0.1, 0.15) is 45.6 Å². The predicted molar refractivity (Wildman–Crippen MR) is 197 cm³/mol. The van der Waals surface area contributed by atoms with E-state index in [1.54, 1.807) is 12.1 Å². The van der Waals surface area contributed by atoms with Crippen molar-refractivity contribution in [3.63, 3.8) is 0 Å². The van der Waals surface area contributed by atoms with Crippen molar-refractivity contribution in [3.8, 4) is 22.6 Å². The van der Waals surface area contributed by atoms with Gasteiger partial charge in [-0.1, -0.05) is 53.5 Å². The van der Waals surface area contributed by atoms with Crippen LogP contribution >= 0.6 is 45.8 Å². The number of ether oxygens (including phenoxy) is 1. The molecule has 2 aromatic carbocycles. The second-order valence-electron chi connectivity index (χ2n) is 11.9. The van der Waals surface area contributed by atoms with Crippen LogP contribution in [-0.4, -0.2) is 100 Å². The van der Waals surface area contributed by atoms with Crippen molar-refractivity contribution in [3.05, 3.63) is 68.5 Å². The van der Waals surface area contributed by atoms with Gasteiger partial charge in [-0.05, 0) is 65.3 Å². The lowest BCUT2D eigenvalue weighted by Gasteiger charge is -2.21. The van der Waals surface area contributed by atoms with Gasteiger partial charge in [0.05, 0.1) is 33.4 Å². The molecule has 268 valence electrons. The number of benzene rings is 2. The van der Waals surface area contributed by atoms with E-state index < -0.39 is 42.4 Å². The molecule has 4 aromatic rings. The summed E-state index contributed by atoms with van der Waals surface area (Å²) in [5, 5.41) is 65.1. The van der Waals surface area contributed by atoms with Crippen LogP contribution in [0.1, 0.15) is 12.8 Å². The largest absolute Gasteiger partial charge is 0.457 e. The molecular formula is C32H37Cl2IN8O7. The number of para-hydroxylation sites is 1. The number of hydrogen-bond donors (Lipinski definition) is 10.